The second-order valence-electron chi connectivity index (χ2n) is 8.20. The van der Waals surface area contributed by atoms with E-state index in [0.29, 0.717) is 17.5 Å². The minimum Gasteiger partial charge on any atom is -0.495 e. The number of hydrogen-bond donors (Lipinski definition) is 3. The Bertz CT molecular complexity index is 1610. The van der Waals surface area contributed by atoms with Crippen LogP contribution in [0.25, 0.3) is 11.3 Å². The second-order valence-corrected chi connectivity index (χ2v) is 10.7. The van der Waals surface area contributed by atoms with E-state index in [2.05, 4.69) is 20.3 Å². The van der Waals surface area contributed by atoms with Gasteiger partial charge in [-0.2, -0.15) is 13.2 Å². The van der Waals surface area contributed by atoms with Gasteiger partial charge >= 0.3 is 6.18 Å². The summed E-state index contributed by atoms with van der Waals surface area (Å²) in [6.07, 6.45) is -4.61. The van der Waals surface area contributed by atoms with Gasteiger partial charge in [0, 0.05) is 23.7 Å². The Morgan fingerprint density at radius 3 is 2.45 bits per heavy atom. The van der Waals surface area contributed by atoms with Gasteiger partial charge in [-0.25, -0.2) is 13.4 Å². The minimum atomic E-state index is -4.61. The summed E-state index contributed by atoms with van der Waals surface area (Å²) in [5.74, 6) is 0.146. The molecule has 4 rings (SSSR count). The van der Waals surface area contributed by atoms with Crippen molar-refractivity contribution in [2.45, 2.75) is 11.1 Å². The lowest BCUT2D eigenvalue weighted by Crippen LogP contribution is -2.20. The zero-order chi connectivity index (χ0) is 28.9. The standard InChI is InChI=1S/C26H23F3N4O5S2/c1-30-25-32-22(15-39-25)16-6-11-23(37-2)21(12-16)31-24(34)14-38-19-7-9-20(10-8-19)40(35,36)33-18-5-3-4-17(13-18)26(27,28)29/h3-13,15,33H,14H2,1-2H3,(H,30,32)(H,31,34). The molecule has 3 aromatic carbocycles. The van der Waals surface area contributed by atoms with Gasteiger partial charge in [-0.15, -0.1) is 11.3 Å². The van der Waals surface area contributed by atoms with E-state index in [1.165, 1.54) is 48.8 Å². The molecule has 1 aromatic heterocycles. The van der Waals surface area contributed by atoms with E-state index >= 15 is 0 Å². The zero-order valence-electron chi connectivity index (χ0n) is 21.1. The molecule has 0 fully saturated rings. The number of halogens is 3. The van der Waals surface area contributed by atoms with E-state index in [4.69, 9.17) is 9.47 Å². The van der Waals surface area contributed by atoms with E-state index in [1.54, 1.807) is 19.2 Å². The molecular formula is C26H23F3N4O5S2. The van der Waals surface area contributed by atoms with E-state index in [9.17, 15) is 26.4 Å². The Morgan fingerprint density at radius 2 is 1.80 bits per heavy atom. The first-order valence-electron chi connectivity index (χ1n) is 11.5. The van der Waals surface area contributed by atoms with Crippen molar-refractivity contribution in [3.05, 3.63) is 77.7 Å². The summed E-state index contributed by atoms with van der Waals surface area (Å²) in [6.45, 7) is -0.386. The zero-order valence-corrected chi connectivity index (χ0v) is 22.7. The SMILES string of the molecule is CNc1nc(-c2ccc(OC)c(NC(=O)COc3ccc(S(=O)(=O)Nc4cccc(C(F)(F)F)c4)cc3)c2)cs1. The highest BCUT2D eigenvalue weighted by Crippen LogP contribution is 2.33. The van der Waals surface area contributed by atoms with Crippen LogP contribution in [0.1, 0.15) is 5.56 Å². The van der Waals surface area contributed by atoms with Gasteiger partial charge in [0.15, 0.2) is 11.7 Å². The van der Waals surface area contributed by atoms with Gasteiger partial charge in [0.1, 0.15) is 11.5 Å². The topological polar surface area (TPSA) is 119 Å². The highest BCUT2D eigenvalue weighted by molar-refractivity contribution is 7.92. The molecule has 210 valence electrons. The van der Waals surface area contributed by atoms with Gasteiger partial charge in [-0.3, -0.25) is 9.52 Å². The number of hydrogen-bond acceptors (Lipinski definition) is 8. The molecule has 3 N–H and O–H groups in total. The number of carbonyl (C=O) groups is 1. The Hall–Kier alpha value is -4.30. The number of amides is 1. The van der Waals surface area contributed by atoms with Gasteiger partial charge in [-0.05, 0) is 60.7 Å². The summed E-state index contributed by atoms with van der Waals surface area (Å²) < 4.78 is 77.0. The number of nitrogens with zero attached hydrogens (tertiary/aromatic N) is 1. The van der Waals surface area contributed by atoms with Crippen LogP contribution in [-0.2, 0) is 21.0 Å². The van der Waals surface area contributed by atoms with Crippen molar-refractivity contribution in [1.82, 2.24) is 4.98 Å². The number of rotatable bonds is 10. The van der Waals surface area contributed by atoms with E-state index in [-0.39, 0.29) is 22.9 Å². The molecule has 4 aromatic rings. The van der Waals surface area contributed by atoms with Gasteiger partial charge in [-0.1, -0.05) is 6.07 Å². The molecule has 0 aliphatic carbocycles. The average molecular weight is 593 g/mol. The normalized spacial score (nSPS) is 11.5. The molecule has 0 unspecified atom stereocenters. The molecule has 0 bridgehead atoms. The predicted octanol–water partition coefficient (Wildman–Crippen LogP) is 5.70. The van der Waals surface area contributed by atoms with Gasteiger partial charge in [0.05, 0.1) is 29.0 Å². The number of anilines is 3. The van der Waals surface area contributed by atoms with Crippen LogP contribution in [0.4, 0.5) is 29.7 Å². The van der Waals surface area contributed by atoms with Crippen LogP contribution >= 0.6 is 11.3 Å². The largest absolute Gasteiger partial charge is 0.495 e. The lowest BCUT2D eigenvalue weighted by molar-refractivity contribution is -0.137. The average Bonchev–Trinajstić information content (AvgIpc) is 3.41. The maximum absolute atomic E-state index is 12.9. The molecule has 1 amide bonds. The van der Waals surface area contributed by atoms with Crippen LogP contribution in [-0.4, -0.2) is 40.1 Å². The van der Waals surface area contributed by atoms with Crippen molar-refractivity contribution >= 4 is 43.8 Å². The van der Waals surface area contributed by atoms with Crippen LogP contribution in [0, 0.1) is 0 Å². The first kappa shape index (κ1) is 28.7. The second kappa shape index (κ2) is 11.8. The number of nitrogens with one attached hydrogen (secondary N) is 3. The predicted molar refractivity (Wildman–Crippen MR) is 146 cm³/mol. The highest BCUT2D eigenvalue weighted by Gasteiger charge is 2.30. The van der Waals surface area contributed by atoms with Crippen molar-refractivity contribution in [1.29, 1.82) is 0 Å². The van der Waals surface area contributed by atoms with Crippen molar-refractivity contribution in [2.75, 3.05) is 36.1 Å². The summed E-state index contributed by atoms with van der Waals surface area (Å²) in [5, 5.41) is 8.32. The Morgan fingerprint density at radius 1 is 1.05 bits per heavy atom. The van der Waals surface area contributed by atoms with Crippen LogP contribution < -0.4 is 24.8 Å². The first-order chi connectivity index (χ1) is 19.0. The Balaban J connectivity index is 1.38. The van der Waals surface area contributed by atoms with Crippen LogP contribution in [0.2, 0.25) is 0 Å². The lowest BCUT2D eigenvalue weighted by Gasteiger charge is -2.13. The summed E-state index contributed by atoms with van der Waals surface area (Å²) >= 11 is 1.44. The summed E-state index contributed by atoms with van der Waals surface area (Å²) in [6, 6.07) is 14.2. The number of aromatic nitrogens is 1. The third kappa shape index (κ3) is 7.01. The molecule has 0 saturated carbocycles. The molecule has 1 heterocycles. The van der Waals surface area contributed by atoms with Crippen molar-refractivity contribution in [3.63, 3.8) is 0 Å². The maximum Gasteiger partial charge on any atom is 0.416 e. The van der Waals surface area contributed by atoms with Crippen molar-refractivity contribution < 1.29 is 35.9 Å². The summed E-state index contributed by atoms with van der Waals surface area (Å²) in [4.78, 5) is 16.8. The number of methoxy groups -OCH3 is 1. The van der Waals surface area contributed by atoms with Gasteiger partial charge < -0.3 is 20.1 Å². The fourth-order valence-electron chi connectivity index (χ4n) is 3.51. The van der Waals surface area contributed by atoms with Crippen LogP contribution in [0.15, 0.2) is 77.0 Å². The molecule has 0 saturated heterocycles. The number of ether oxygens (including phenoxy) is 2. The number of thiazole rings is 1. The quantitative estimate of drug-likeness (QED) is 0.216. The van der Waals surface area contributed by atoms with E-state index in [0.717, 1.165) is 28.5 Å². The molecule has 14 heteroatoms. The van der Waals surface area contributed by atoms with Gasteiger partial charge in [0.2, 0.25) is 0 Å². The molecule has 0 aliphatic rings. The summed E-state index contributed by atoms with van der Waals surface area (Å²) in [7, 11) is -0.931. The van der Waals surface area contributed by atoms with E-state index in [1.807, 2.05) is 11.4 Å². The lowest BCUT2D eigenvalue weighted by atomic mass is 10.1. The number of alkyl halides is 3. The fourth-order valence-corrected chi connectivity index (χ4v) is 5.24. The molecular weight excluding hydrogens is 569 g/mol. The third-order valence-corrected chi connectivity index (χ3v) is 7.69. The molecule has 40 heavy (non-hydrogen) atoms. The van der Waals surface area contributed by atoms with E-state index < -0.39 is 27.7 Å². The molecule has 0 radical (unpaired) electrons. The number of benzene rings is 3. The maximum atomic E-state index is 12.9. The third-order valence-electron chi connectivity index (χ3n) is 5.43. The first-order valence-corrected chi connectivity index (χ1v) is 13.9. The van der Waals surface area contributed by atoms with Crippen molar-refractivity contribution in [3.8, 4) is 22.8 Å². The van der Waals surface area contributed by atoms with Crippen LogP contribution in [0.3, 0.4) is 0 Å². The Labute approximate surface area is 232 Å². The summed E-state index contributed by atoms with van der Waals surface area (Å²) in [5.41, 5.74) is 0.690. The van der Waals surface area contributed by atoms with Crippen LogP contribution in [0.5, 0.6) is 11.5 Å². The van der Waals surface area contributed by atoms with Gasteiger partial charge in [0.25, 0.3) is 15.9 Å². The molecule has 9 nitrogen and oxygen atoms in total. The molecule has 0 aliphatic heterocycles. The molecule has 0 spiro atoms. The minimum absolute atomic E-state index is 0.202. The highest BCUT2D eigenvalue weighted by atomic mass is 32.2. The Kier molecular flexibility index (Phi) is 8.49. The fraction of sp³-hybridized carbons (Fsp3) is 0.154. The van der Waals surface area contributed by atoms with Crippen molar-refractivity contribution in [2.24, 2.45) is 0 Å². The monoisotopic (exact) mass is 592 g/mol. The number of carbonyl (C=O) groups excluding carboxylic acids is 1. The number of sulfonamides is 1. The molecule has 0 atom stereocenters. The smallest absolute Gasteiger partial charge is 0.416 e.